The van der Waals surface area contributed by atoms with E-state index in [0.717, 1.165) is 12.2 Å². The minimum absolute atomic E-state index is 0.376. The summed E-state index contributed by atoms with van der Waals surface area (Å²) in [5.41, 5.74) is 0. The third-order valence-corrected chi connectivity index (χ3v) is 3.54. The van der Waals surface area contributed by atoms with Crippen molar-refractivity contribution in [2.75, 3.05) is 5.75 Å². The quantitative estimate of drug-likeness (QED) is 0.694. The van der Waals surface area contributed by atoms with Crippen molar-refractivity contribution in [3.8, 4) is 0 Å². The average molecular weight is 189 g/mol. The molecule has 1 rings (SSSR count). The van der Waals surface area contributed by atoms with Gasteiger partial charge in [0.2, 0.25) is 0 Å². The molecule has 2 N–H and O–H groups in total. The van der Waals surface area contributed by atoms with Crippen LogP contribution in [0.3, 0.4) is 0 Å². The fourth-order valence-corrected chi connectivity index (χ4v) is 2.55. The topological polar surface area (TPSA) is 49.3 Å². The summed E-state index contributed by atoms with van der Waals surface area (Å²) in [6.45, 7) is 3.84. The van der Waals surface area contributed by atoms with Gasteiger partial charge in [-0.2, -0.15) is 11.8 Å². The number of aliphatic carboxylic acids is 1. The molecule has 1 aliphatic rings. The predicted molar refractivity (Wildman–Crippen MR) is 50.6 cm³/mol. The molecule has 70 valence electrons. The van der Waals surface area contributed by atoms with Crippen molar-refractivity contribution in [3.05, 3.63) is 0 Å². The molecule has 0 aromatic rings. The molecule has 1 fully saturated rings. The normalized spacial score (nSPS) is 31.8. The molecule has 0 saturated carbocycles. The summed E-state index contributed by atoms with van der Waals surface area (Å²) in [5, 5.41) is 12.3. The van der Waals surface area contributed by atoms with Crippen molar-refractivity contribution in [1.29, 1.82) is 0 Å². The Bertz CT molecular complexity index is 174. The summed E-state index contributed by atoms with van der Waals surface area (Å²) < 4.78 is 0. The number of thioether (sulfide) groups is 1. The Morgan fingerprint density at radius 3 is 2.83 bits per heavy atom. The zero-order chi connectivity index (χ0) is 9.14. The first-order valence-electron chi connectivity index (χ1n) is 4.21. The summed E-state index contributed by atoms with van der Waals surface area (Å²) in [4.78, 5) is 10.5. The van der Waals surface area contributed by atoms with Gasteiger partial charge in [0.05, 0.1) is 0 Å². The van der Waals surface area contributed by atoms with E-state index in [2.05, 4.69) is 12.2 Å². The van der Waals surface area contributed by atoms with Gasteiger partial charge in [-0.25, -0.2) is 0 Å². The van der Waals surface area contributed by atoms with Gasteiger partial charge in [-0.3, -0.25) is 4.79 Å². The van der Waals surface area contributed by atoms with Gasteiger partial charge in [0.1, 0.15) is 6.04 Å². The average Bonchev–Trinajstić information content (AvgIpc) is 2.36. The Morgan fingerprint density at radius 1 is 1.75 bits per heavy atom. The molecule has 0 amide bonds. The second-order valence-corrected chi connectivity index (χ2v) is 4.68. The van der Waals surface area contributed by atoms with Crippen molar-refractivity contribution in [2.24, 2.45) is 0 Å². The standard InChI is InChI=1S/C8H15NO2S/c1-5(8(10)11)9-7-3-4-12-6(7)2/h5-7,9H,3-4H2,1-2H3,(H,10,11)/t5-,6?,7?/m1/s1. The minimum atomic E-state index is -0.765. The second kappa shape index (κ2) is 4.14. The maximum absolute atomic E-state index is 10.5. The van der Waals surface area contributed by atoms with Crippen LogP contribution in [0.5, 0.6) is 0 Å². The number of carboxylic acids is 1. The Balaban J connectivity index is 2.35. The van der Waals surface area contributed by atoms with Crippen molar-refractivity contribution >= 4 is 17.7 Å². The summed E-state index contributed by atoms with van der Waals surface area (Å²) in [6.07, 6.45) is 1.09. The van der Waals surface area contributed by atoms with E-state index < -0.39 is 12.0 Å². The third-order valence-electron chi connectivity index (χ3n) is 2.21. The molecule has 1 saturated heterocycles. The van der Waals surface area contributed by atoms with Crippen LogP contribution in [0.2, 0.25) is 0 Å². The van der Waals surface area contributed by atoms with E-state index in [1.54, 1.807) is 6.92 Å². The van der Waals surface area contributed by atoms with Crippen LogP contribution in [0, 0.1) is 0 Å². The monoisotopic (exact) mass is 189 g/mol. The molecule has 0 spiro atoms. The van der Waals surface area contributed by atoms with Gasteiger partial charge in [-0.15, -0.1) is 0 Å². The summed E-state index contributed by atoms with van der Waals surface area (Å²) in [7, 11) is 0. The highest BCUT2D eigenvalue weighted by Crippen LogP contribution is 2.26. The highest BCUT2D eigenvalue weighted by atomic mass is 32.2. The van der Waals surface area contributed by atoms with E-state index in [9.17, 15) is 4.79 Å². The fraction of sp³-hybridized carbons (Fsp3) is 0.875. The first kappa shape index (κ1) is 9.86. The van der Waals surface area contributed by atoms with Gasteiger partial charge >= 0.3 is 5.97 Å². The fourth-order valence-electron chi connectivity index (χ4n) is 1.34. The van der Waals surface area contributed by atoms with Gasteiger partial charge in [0, 0.05) is 11.3 Å². The number of hydrogen-bond acceptors (Lipinski definition) is 3. The Labute approximate surface area is 76.9 Å². The second-order valence-electron chi connectivity index (χ2n) is 3.20. The highest BCUT2D eigenvalue weighted by Gasteiger charge is 2.26. The van der Waals surface area contributed by atoms with Crippen LogP contribution in [-0.4, -0.2) is 34.2 Å². The SMILES string of the molecule is CC1SCCC1N[C@H](C)C(=O)O. The van der Waals surface area contributed by atoms with Crippen LogP contribution < -0.4 is 5.32 Å². The molecule has 0 aromatic carbocycles. The lowest BCUT2D eigenvalue weighted by atomic mass is 10.1. The van der Waals surface area contributed by atoms with Gasteiger partial charge < -0.3 is 10.4 Å². The molecule has 2 unspecified atom stereocenters. The lowest BCUT2D eigenvalue weighted by molar-refractivity contribution is -0.139. The number of rotatable bonds is 3. The molecule has 0 bridgehead atoms. The molecule has 1 heterocycles. The van der Waals surface area contributed by atoms with E-state index in [0.29, 0.717) is 11.3 Å². The van der Waals surface area contributed by atoms with Gasteiger partial charge in [0.15, 0.2) is 0 Å². The third kappa shape index (κ3) is 2.38. The molecular formula is C8H15NO2S. The lowest BCUT2D eigenvalue weighted by Crippen LogP contribution is -2.43. The number of carbonyl (C=O) groups is 1. The van der Waals surface area contributed by atoms with Crippen LogP contribution in [0.4, 0.5) is 0 Å². The number of hydrogen-bond donors (Lipinski definition) is 2. The van der Waals surface area contributed by atoms with Crippen LogP contribution in [-0.2, 0) is 4.79 Å². The van der Waals surface area contributed by atoms with E-state index in [-0.39, 0.29) is 0 Å². The van der Waals surface area contributed by atoms with Crippen molar-refractivity contribution < 1.29 is 9.90 Å². The summed E-state index contributed by atoms with van der Waals surface area (Å²) in [6, 6.07) is -0.0442. The van der Waals surface area contributed by atoms with E-state index in [4.69, 9.17) is 5.11 Å². The molecule has 3 atom stereocenters. The zero-order valence-electron chi connectivity index (χ0n) is 7.41. The van der Waals surface area contributed by atoms with Crippen molar-refractivity contribution in [1.82, 2.24) is 5.32 Å². The van der Waals surface area contributed by atoms with Crippen LogP contribution in [0.15, 0.2) is 0 Å². The molecular weight excluding hydrogens is 174 g/mol. The summed E-state index contributed by atoms with van der Waals surface area (Å²) in [5.74, 6) is 0.379. The first-order chi connectivity index (χ1) is 5.61. The van der Waals surface area contributed by atoms with Gasteiger partial charge in [-0.05, 0) is 19.1 Å². The molecule has 1 aliphatic heterocycles. The maximum atomic E-state index is 10.5. The van der Waals surface area contributed by atoms with E-state index in [1.165, 1.54) is 0 Å². The highest BCUT2D eigenvalue weighted by molar-refractivity contribution is 8.00. The molecule has 12 heavy (non-hydrogen) atoms. The Morgan fingerprint density at radius 2 is 2.42 bits per heavy atom. The molecule has 0 aromatic heterocycles. The Hall–Kier alpha value is -0.220. The lowest BCUT2D eigenvalue weighted by Gasteiger charge is -2.19. The number of carboxylic acid groups (broad SMARTS) is 1. The first-order valence-corrected chi connectivity index (χ1v) is 5.26. The van der Waals surface area contributed by atoms with Crippen molar-refractivity contribution in [3.63, 3.8) is 0 Å². The largest absolute Gasteiger partial charge is 0.480 e. The van der Waals surface area contributed by atoms with Gasteiger partial charge in [-0.1, -0.05) is 6.92 Å². The number of nitrogens with one attached hydrogen (secondary N) is 1. The van der Waals surface area contributed by atoms with Crippen LogP contribution in [0.25, 0.3) is 0 Å². The molecule has 0 radical (unpaired) electrons. The zero-order valence-corrected chi connectivity index (χ0v) is 8.23. The Kier molecular flexibility index (Phi) is 3.40. The minimum Gasteiger partial charge on any atom is -0.480 e. The van der Waals surface area contributed by atoms with Gasteiger partial charge in [0.25, 0.3) is 0 Å². The van der Waals surface area contributed by atoms with Crippen molar-refractivity contribution in [2.45, 2.75) is 37.6 Å². The molecule has 3 nitrogen and oxygen atoms in total. The molecule has 4 heteroatoms. The van der Waals surface area contributed by atoms with E-state index >= 15 is 0 Å². The van der Waals surface area contributed by atoms with E-state index in [1.807, 2.05) is 11.8 Å². The van der Waals surface area contributed by atoms with Crippen LogP contribution in [0.1, 0.15) is 20.3 Å². The predicted octanol–water partition coefficient (Wildman–Crippen LogP) is 0.943. The van der Waals surface area contributed by atoms with Crippen LogP contribution >= 0.6 is 11.8 Å². The maximum Gasteiger partial charge on any atom is 0.320 e. The molecule has 0 aliphatic carbocycles. The summed E-state index contributed by atoms with van der Waals surface area (Å²) >= 11 is 1.90. The smallest absolute Gasteiger partial charge is 0.320 e.